The Hall–Kier alpha value is -2.87. The van der Waals surface area contributed by atoms with E-state index in [0.29, 0.717) is 33.3 Å². The maximum atomic E-state index is 12.9. The van der Waals surface area contributed by atoms with E-state index in [1.165, 1.54) is 11.3 Å². The molecule has 0 fully saturated rings. The number of esters is 1. The number of thiophene rings is 1. The van der Waals surface area contributed by atoms with Gasteiger partial charge < -0.3 is 14.8 Å². The molecular weight excluding hydrogens is 354 g/mol. The molecule has 0 aliphatic carbocycles. The van der Waals surface area contributed by atoms with Crippen LogP contribution in [0.4, 0.5) is 5.00 Å². The molecule has 0 bridgehead atoms. The summed E-state index contributed by atoms with van der Waals surface area (Å²) in [6.07, 6.45) is 1.75. The largest absolute Gasteiger partial charge is 0.493 e. The van der Waals surface area contributed by atoms with Gasteiger partial charge in [-0.15, -0.1) is 11.3 Å². The van der Waals surface area contributed by atoms with Gasteiger partial charge in [0.1, 0.15) is 10.7 Å². The molecule has 0 saturated carbocycles. The molecule has 0 spiro atoms. The monoisotopic (exact) mass is 373 g/mol. The molecule has 0 aliphatic rings. The van der Waals surface area contributed by atoms with Crippen LogP contribution in [0.15, 0.2) is 24.4 Å². The van der Waals surface area contributed by atoms with Gasteiger partial charge in [-0.2, -0.15) is 0 Å². The van der Waals surface area contributed by atoms with E-state index in [2.05, 4.69) is 10.3 Å². The maximum Gasteiger partial charge on any atom is 0.341 e. The number of fused-ring (bicyclic) bond motifs is 1. The van der Waals surface area contributed by atoms with Gasteiger partial charge in [-0.05, 0) is 39.0 Å². The number of anilines is 1. The van der Waals surface area contributed by atoms with Crippen LogP contribution < -0.4 is 10.1 Å². The van der Waals surface area contributed by atoms with Crippen LogP contribution in [-0.2, 0) is 4.74 Å². The molecule has 0 atom stereocenters. The fraction of sp³-hybridized carbons (Fsp3) is 0.278. The summed E-state index contributed by atoms with van der Waals surface area (Å²) in [5, 5.41) is 3.28. The topological polar surface area (TPSA) is 81.9 Å². The number of pyridine rings is 1. The van der Waals surface area contributed by atoms with Crippen LogP contribution >= 0.6 is 11.3 Å². The highest BCUT2D eigenvalue weighted by atomic mass is 32.1. The standard InChI is InChI=1S/C18H19N3O4S/c1-5-25-18(23)12-9-10(2)26-17(12)20-16(22)14-11(3)19-15-13(24-4)7-6-8-21(14)15/h6-9H,5H2,1-4H3,(H,20,22). The Labute approximate surface area is 154 Å². The normalized spacial score (nSPS) is 10.8. The van der Waals surface area contributed by atoms with Crippen molar-refractivity contribution >= 4 is 33.9 Å². The van der Waals surface area contributed by atoms with Crippen LogP contribution in [-0.4, -0.2) is 35.0 Å². The summed E-state index contributed by atoms with van der Waals surface area (Å²) in [6, 6.07) is 5.27. The molecule has 7 nitrogen and oxygen atoms in total. The van der Waals surface area contributed by atoms with Crippen molar-refractivity contribution in [1.29, 1.82) is 0 Å². The number of nitrogens with zero attached hydrogens (tertiary/aromatic N) is 2. The highest BCUT2D eigenvalue weighted by Gasteiger charge is 2.22. The number of hydrogen-bond donors (Lipinski definition) is 1. The lowest BCUT2D eigenvalue weighted by Crippen LogP contribution is -2.17. The number of aromatic nitrogens is 2. The summed E-state index contributed by atoms with van der Waals surface area (Å²) in [5.74, 6) is -0.229. The summed E-state index contributed by atoms with van der Waals surface area (Å²) < 4.78 is 12.0. The molecule has 0 aliphatic heterocycles. The molecule has 1 N–H and O–H groups in total. The quantitative estimate of drug-likeness (QED) is 0.693. The molecule has 3 rings (SSSR count). The van der Waals surface area contributed by atoms with Crippen LogP contribution in [0, 0.1) is 13.8 Å². The smallest absolute Gasteiger partial charge is 0.341 e. The van der Waals surface area contributed by atoms with Gasteiger partial charge in [-0.3, -0.25) is 9.20 Å². The zero-order valence-corrected chi connectivity index (χ0v) is 15.8. The Morgan fingerprint density at radius 2 is 2.12 bits per heavy atom. The number of methoxy groups -OCH3 is 1. The van der Waals surface area contributed by atoms with Gasteiger partial charge >= 0.3 is 5.97 Å². The molecule has 3 heterocycles. The number of hydrogen-bond acceptors (Lipinski definition) is 6. The third-order valence-corrected chi connectivity index (χ3v) is 4.77. The zero-order valence-electron chi connectivity index (χ0n) is 15.0. The number of ether oxygens (including phenoxy) is 2. The molecule has 0 saturated heterocycles. The predicted molar refractivity (Wildman–Crippen MR) is 99.4 cm³/mol. The van der Waals surface area contributed by atoms with Crippen molar-refractivity contribution in [3.8, 4) is 5.75 Å². The summed E-state index contributed by atoms with van der Waals surface area (Å²) >= 11 is 1.33. The van der Waals surface area contributed by atoms with Crippen molar-refractivity contribution in [2.45, 2.75) is 20.8 Å². The average Bonchev–Trinajstić information content (AvgIpc) is 3.13. The molecule has 0 unspecified atom stereocenters. The van der Waals surface area contributed by atoms with Crippen LogP contribution in [0.3, 0.4) is 0 Å². The van der Waals surface area contributed by atoms with E-state index in [1.54, 1.807) is 49.8 Å². The number of imidazole rings is 1. The molecule has 3 aromatic heterocycles. The van der Waals surface area contributed by atoms with Crippen molar-refractivity contribution in [2.75, 3.05) is 19.0 Å². The van der Waals surface area contributed by atoms with Crippen LogP contribution in [0.5, 0.6) is 5.75 Å². The molecule has 0 aromatic carbocycles. The first-order valence-electron chi connectivity index (χ1n) is 8.06. The molecular formula is C18H19N3O4S. The van der Waals surface area contributed by atoms with E-state index in [4.69, 9.17) is 9.47 Å². The van der Waals surface area contributed by atoms with Gasteiger partial charge in [0, 0.05) is 11.1 Å². The third kappa shape index (κ3) is 3.15. The minimum atomic E-state index is -0.455. The van der Waals surface area contributed by atoms with E-state index >= 15 is 0 Å². The fourth-order valence-electron chi connectivity index (χ4n) is 2.72. The molecule has 1 amide bonds. The van der Waals surface area contributed by atoms with Crippen molar-refractivity contribution in [1.82, 2.24) is 9.38 Å². The fourth-order valence-corrected chi connectivity index (χ4v) is 3.61. The average molecular weight is 373 g/mol. The summed E-state index contributed by atoms with van der Waals surface area (Å²) in [6.45, 7) is 5.64. The second-order valence-electron chi connectivity index (χ2n) is 5.59. The minimum absolute atomic E-state index is 0.271. The van der Waals surface area contributed by atoms with Crippen molar-refractivity contribution < 1.29 is 19.1 Å². The second kappa shape index (κ2) is 7.17. The second-order valence-corrected chi connectivity index (χ2v) is 6.85. The first kappa shape index (κ1) is 17.9. The number of nitrogens with one attached hydrogen (secondary N) is 1. The minimum Gasteiger partial charge on any atom is -0.493 e. The molecule has 136 valence electrons. The maximum absolute atomic E-state index is 12.9. The van der Waals surface area contributed by atoms with Gasteiger partial charge in [-0.1, -0.05) is 0 Å². The summed E-state index contributed by atoms with van der Waals surface area (Å²) in [5.41, 5.74) is 1.87. The Bertz CT molecular complexity index is 990. The summed E-state index contributed by atoms with van der Waals surface area (Å²) in [7, 11) is 1.55. The van der Waals surface area contributed by atoms with Crippen LogP contribution in [0.1, 0.15) is 38.3 Å². The highest BCUT2D eigenvalue weighted by molar-refractivity contribution is 7.16. The van der Waals surface area contributed by atoms with Crippen molar-refractivity contribution in [3.63, 3.8) is 0 Å². The third-order valence-electron chi connectivity index (χ3n) is 3.80. The molecule has 3 aromatic rings. The molecule has 0 radical (unpaired) electrons. The number of aryl methyl sites for hydroxylation is 2. The van der Waals surface area contributed by atoms with Gasteiger partial charge in [-0.25, -0.2) is 9.78 Å². The van der Waals surface area contributed by atoms with Gasteiger partial charge in [0.15, 0.2) is 11.4 Å². The number of carbonyl (C=O) groups is 2. The first-order valence-corrected chi connectivity index (χ1v) is 8.88. The first-order chi connectivity index (χ1) is 12.5. The van der Waals surface area contributed by atoms with Crippen LogP contribution in [0.25, 0.3) is 5.65 Å². The summed E-state index contributed by atoms with van der Waals surface area (Å²) in [4.78, 5) is 30.3. The Kier molecular flexibility index (Phi) is 4.94. The Morgan fingerprint density at radius 1 is 1.35 bits per heavy atom. The Balaban J connectivity index is 1.99. The van der Waals surface area contributed by atoms with Gasteiger partial charge in [0.2, 0.25) is 0 Å². The van der Waals surface area contributed by atoms with E-state index in [0.717, 1.165) is 4.88 Å². The van der Waals surface area contributed by atoms with E-state index in [9.17, 15) is 9.59 Å². The van der Waals surface area contributed by atoms with Gasteiger partial charge in [0.05, 0.1) is 25.0 Å². The SMILES string of the molecule is CCOC(=O)c1cc(C)sc1NC(=O)c1c(C)nc2c(OC)cccn12. The Morgan fingerprint density at radius 3 is 2.81 bits per heavy atom. The van der Waals surface area contributed by atoms with Crippen LogP contribution in [0.2, 0.25) is 0 Å². The zero-order chi connectivity index (χ0) is 18.8. The number of carbonyl (C=O) groups excluding carboxylic acids is 2. The lowest BCUT2D eigenvalue weighted by atomic mass is 10.2. The van der Waals surface area contributed by atoms with Crippen molar-refractivity contribution in [2.24, 2.45) is 0 Å². The predicted octanol–water partition coefficient (Wildman–Crippen LogP) is 3.45. The number of rotatable bonds is 5. The van der Waals surface area contributed by atoms with E-state index in [1.807, 2.05) is 6.92 Å². The van der Waals surface area contributed by atoms with Crippen molar-refractivity contribution in [3.05, 3.63) is 46.2 Å². The lowest BCUT2D eigenvalue weighted by molar-refractivity contribution is 0.0528. The lowest BCUT2D eigenvalue weighted by Gasteiger charge is -2.07. The highest BCUT2D eigenvalue weighted by Crippen LogP contribution is 2.29. The van der Waals surface area contributed by atoms with E-state index in [-0.39, 0.29) is 12.5 Å². The number of amides is 1. The molecule has 26 heavy (non-hydrogen) atoms. The van der Waals surface area contributed by atoms with E-state index < -0.39 is 5.97 Å². The van der Waals surface area contributed by atoms with Gasteiger partial charge in [0.25, 0.3) is 5.91 Å². The molecule has 8 heteroatoms.